The summed E-state index contributed by atoms with van der Waals surface area (Å²) in [6, 6.07) is 6.72. The van der Waals surface area contributed by atoms with Crippen LogP contribution in [0.1, 0.15) is 20.8 Å². The van der Waals surface area contributed by atoms with E-state index in [9.17, 15) is 19.3 Å². The van der Waals surface area contributed by atoms with Gasteiger partial charge in [0.25, 0.3) is 5.91 Å². The smallest absolute Gasteiger partial charge is 0.459 e. The molecule has 212 valence electrons. The normalized spacial score (nSPS) is 26.9. The Morgan fingerprint density at radius 3 is 2.72 bits per heavy atom. The van der Waals surface area contributed by atoms with Crippen LogP contribution in [-0.4, -0.2) is 71.3 Å². The van der Waals surface area contributed by atoms with Crippen molar-refractivity contribution in [2.45, 2.75) is 57.0 Å². The van der Waals surface area contributed by atoms with E-state index in [-0.39, 0.29) is 11.6 Å². The van der Waals surface area contributed by atoms with E-state index in [2.05, 4.69) is 27.0 Å². The first-order chi connectivity index (χ1) is 18.4. The Kier molecular flexibility index (Phi) is 9.73. The number of carbonyl (C=O) groups is 2. The maximum Gasteiger partial charge on any atom is 0.459 e. The van der Waals surface area contributed by atoms with Crippen molar-refractivity contribution in [2.24, 2.45) is 5.11 Å². The molecule has 1 saturated heterocycles. The maximum absolute atomic E-state index is 15.4. The molecule has 1 aromatic carbocycles. The number of carbonyl (C=O) groups excluding carboxylic acids is 2. The highest BCUT2D eigenvalue weighted by Crippen LogP contribution is 2.47. The van der Waals surface area contributed by atoms with E-state index in [4.69, 9.17) is 24.1 Å². The summed E-state index contributed by atoms with van der Waals surface area (Å²) in [5.74, 6) is -1.15. The van der Waals surface area contributed by atoms with Crippen LogP contribution in [0.25, 0.3) is 10.4 Å². The minimum Gasteiger partial charge on any atom is -0.462 e. The lowest BCUT2D eigenvalue weighted by atomic mass is 9.97. The van der Waals surface area contributed by atoms with Crippen molar-refractivity contribution in [1.29, 1.82) is 0 Å². The van der Waals surface area contributed by atoms with Gasteiger partial charge in [0.05, 0.1) is 19.3 Å². The van der Waals surface area contributed by atoms with Gasteiger partial charge in [-0.2, -0.15) is 5.09 Å². The van der Waals surface area contributed by atoms with Crippen LogP contribution in [-0.2, 0) is 28.2 Å². The Hall–Kier alpha value is -3.45. The van der Waals surface area contributed by atoms with E-state index in [1.165, 1.54) is 25.3 Å². The van der Waals surface area contributed by atoms with Crippen molar-refractivity contribution in [3.63, 3.8) is 0 Å². The van der Waals surface area contributed by atoms with Crippen molar-refractivity contribution >= 4 is 19.6 Å². The number of amides is 1. The molecule has 3 N–H and O–H groups in total. The molecule has 0 spiro atoms. The lowest BCUT2D eigenvalue weighted by Gasteiger charge is -2.34. The molecule has 0 aromatic heterocycles. The second-order valence-corrected chi connectivity index (χ2v) is 10.7. The molecule has 16 heteroatoms. The Bertz CT molecular complexity index is 1200. The number of halogens is 1. The summed E-state index contributed by atoms with van der Waals surface area (Å²) in [7, 11) is -4.44. The van der Waals surface area contributed by atoms with Crippen molar-refractivity contribution in [3.05, 3.63) is 65.5 Å². The van der Waals surface area contributed by atoms with Gasteiger partial charge in [-0.05, 0) is 38.4 Å². The monoisotopic (exact) mass is 568 g/mol. The molecule has 2 aliphatic rings. The fraction of sp³-hybridized carbons (Fsp3) is 0.478. The zero-order valence-electron chi connectivity index (χ0n) is 21.5. The molecule has 2 heterocycles. The van der Waals surface area contributed by atoms with Gasteiger partial charge in [-0.3, -0.25) is 14.1 Å². The summed E-state index contributed by atoms with van der Waals surface area (Å²) in [5.41, 5.74) is 6.86. The summed E-state index contributed by atoms with van der Waals surface area (Å²) in [4.78, 5) is 27.7. The minimum atomic E-state index is -4.44. The third-order valence-electron chi connectivity index (χ3n) is 5.61. The number of hydrogen-bond donors (Lipinski definition) is 3. The highest BCUT2D eigenvalue weighted by molar-refractivity contribution is 7.52. The predicted molar refractivity (Wildman–Crippen MR) is 135 cm³/mol. The van der Waals surface area contributed by atoms with Crippen LogP contribution in [0.2, 0.25) is 0 Å². The third kappa shape index (κ3) is 7.35. The number of rotatable bonds is 12. The van der Waals surface area contributed by atoms with E-state index < -0.39 is 69.0 Å². The van der Waals surface area contributed by atoms with Gasteiger partial charge in [-0.1, -0.05) is 29.9 Å². The van der Waals surface area contributed by atoms with E-state index in [0.717, 1.165) is 11.0 Å². The fourth-order valence-corrected chi connectivity index (χ4v) is 5.28. The zero-order chi connectivity index (χ0) is 28.8. The fourth-order valence-electron chi connectivity index (χ4n) is 3.73. The summed E-state index contributed by atoms with van der Waals surface area (Å²) in [5, 5.41) is 19.2. The number of ether oxygens (including phenoxy) is 2. The van der Waals surface area contributed by atoms with Gasteiger partial charge in [0.2, 0.25) is 0 Å². The van der Waals surface area contributed by atoms with Crippen LogP contribution in [0.4, 0.5) is 4.39 Å². The van der Waals surface area contributed by atoms with Gasteiger partial charge in [0, 0.05) is 17.2 Å². The molecule has 0 saturated carbocycles. The first-order valence-electron chi connectivity index (χ1n) is 11.8. The number of alkyl halides is 1. The maximum atomic E-state index is 15.4. The quantitative estimate of drug-likeness (QED) is 0.111. The molecule has 0 bridgehead atoms. The number of aliphatic hydroxyl groups is 1. The Morgan fingerprint density at radius 1 is 1.41 bits per heavy atom. The average Bonchev–Trinajstić information content (AvgIpc) is 3.12. The van der Waals surface area contributed by atoms with Crippen LogP contribution in [0, 0.1) is 0 Å². The number of nitrogens with zero attached hydrogens (tertiary/aromatic N) is 4. The SMILES string of the molecule is C=C1NC(=O)C=CN1[C@@H]1O[C@](CN=[N+]=[N-])(COP(=O)(NC(C)C(=O)OC(C)C)Oc2ccccc2)[C@@H](O)[C@H]1F. The summed E-state index contributed by atoms with van der Waals surface area (Å²) >= 11 is 0. The first-order valence-corrected chi connectivity index (χ1v) is 13.4. The molecule has 2 unspecified atom stereocenters. The van der Waals surface area contributed by atoms with Crippen LogP contribution < -0.4 is 14.9 Å². The summed E-state index contributed by atoms with van der Waals surface area (Å²) < 4.78 is 51.3. The highest BCUT2D eigenvalue weighted by atomic mass is 31.2. The number of aliphatic hydroxyl groups excluding tert-OH is 1. The molecule has 14 nitrogen and oxygen atoms in total. The van der Waals surface area contributed by atoms with E-state index in [1.807, 2.05) is 0 Å². The van der Waals surface area contributed by atoms with Gasteiger partial charge in [0.1, 0.15) is 29.3 Å². The number of benzene rings is 1. The lowest BCUT2D eigenvalue weighted by Crippen LogP contribution is -2.49. The molecular formula is C23H30FN6O8P. The van der Waals surface area contributed by atoms with Gasteiger partial charge in [-0.25, -0.2) is 8.96 Å². The molecule has 1 fully saturated rings. The molecule has 1 amide bonds. The van der Waals surface area contributed by atoms with E-state index in [0.29, 0.717) is 0 Å². The van der Waals surface area contributed by atoms with Crippen LogP contribution in [0.15, 0.2) is 60.1 Å². The molecule has 1 aromatic rings. The predicted octanol–water partition coefficient (Wildman–Crippen LogP) is 2.64. The number of azide groups is 1. The van der Waals surface area contributed by atoms with Crippen molar-refractivity contribution < 1.29 is 42.2 Å². The van der Waals surface area contributed by atoms with Crippen LogP contribution in [0.5, 0.6) is 5.75 Å². The Balaban J connectivity index is 1.89. The van der Waals surface area contributed by atoms with Crippen molar-refractivity contribution in [3.8, 4) is 5.75 Å². The van der Waals surface area contributed by atoms with Crippen molar-refractivity contribution in [1.82, 2.24) is 15.3 Å². The Labute approximate surface area is 223 Å². The largest absolute Gasteiger partial charge is 0.462 e. The third-order valence-corrected chi connectivity index (χ3v) is 7.24. The van der Waals surface area contributed by atoms with Crippen LogP contribution >= 0.6 is 7.75 Å². The first kappa shape index (κ1) is 30.1. The van der Waals surface area contributed by atoms with Gasteiger partial charge < -0.3 is 29.3 Å². The molecule has 39 heavy (non-hydrogen) atoms. The topological polar surface area (TPSA) is 184 Å². The van der Waals surface area contributed by atoms with Crippen LogP contribution in [0.3, 0.4) is 0 Å². The van der Waals surface area contributed by atoms with Gasteiger partial charge in [0.15, 0.2) is 12.4 Å². The number of hydrogen-bond acceptors (Lipinski definition) is 10. The number of nitrogens with one attached hydrogen (secondary N) is 2. The Morgan fingerprint density at radius 2 is 2.10 bits per heavy atom. The van der Waals surface area contributed by atoms with Gasteiger partial charge in [-0.15, -0.1) is 0 Å². The van der Waals surface area contributed by atoms with Gasteiger partial charge >= 0.3 is 13.7 Å². The minimum absolute atomic E-state index is 0.0277. The van der Waals surface area contributed by atoms with E-state index in [1.54, 1.807) is 32.0 Å². The zero-order valence-corrected chi connectivity index (χ0v) is 22.4. The molecular weight excluding hydrogens is 538 g/mol. The number of esters is 1. The van der Waals surface area contributed by atoms with E-state index >= 15 is 4.39 Å². The second kappa shape index (κ2) is 12.6. The van der Waals surface area contributed by atoms with Crippen molar-refractivity contribution in [2.75, 3.05) is 13.2 Å². The standard InChI is InChI=1S/C23H30FN6O8P/c1-14(2)36-22(33)15(3)28-39(34,38-17-8-6-5-7-9-17)35-13-23(12-26-29-25)20(32)19(24)21(37-23)30-11-10-18(31)27-16(30)4/h5-11,14-15,19-21,32H,4,12-13H2,1-3H3,(H,27,31)(H,28,34)/t15?,19-,20+,21-,23-,39?/m1/s1. The molecule has 0 radical (unpaired) electrons. The lowest BCUT2D eigenvalue weighted by molar-refractivity contribution is -0.149. The molecule has 2 aliphatic heterocycles. The second-order valence-electron chi connectivity index (χ2n) is 9.02. The highest BCUT2D eigenvalue weighted by Gasteiger charge is 2.58. The number of para-hydroxylation sites is 1. The molecule has 6 atom stereocenters. The summed E-state index contributed by atoms with van der Waals surface area (Å²) in [6.07, 6.45) is -3.72. The molecule has 0 aliphatic carbocycles. The average molecular weight is 568 g/mol. The molecule has 3 rings (SSSR count). The summed E-state index contributed by atoms with van der Waals surface area (Å²) in [6.45, 7) is 6.87.